The van der Waals surface area contributed by atoms with Crippen molar-refractivity contribution in [2.24, 2.45) is 0 Å². The third kappa shape index (κ3) is 6.25. The molecule has 8 aromatic rings. The molecule has 0 amide bonds. The van der Waals surface area contributed by atoms with Crippen molar-refractivity contribution in [3.05, 3.63) is 206 Å². The van der Waals surface area contributed by atoms with Crippen molar-refractivity contribution < 1.29 is 0 Å². The van der Waals surface area contributed by atoms with Gasteiger partial charge in [-0.1, -0.05) is 182 Å². The summed E-state index contributed by atoms with van der Waals surface area (Å²) in [5, 5.41) is 0. The summed E-state index contributed by atoms with van der Waals surface area (Å²) in [6.07, 6.45) is 0. The summed E-state index contributed by atoms with van der Waals surface area (Å²) in [5.41, 5.74) is 17.1. The van der Waals surface area contributed by atoms with Crippen LogP contribution in [0.1, 0.15) is 0 Å². The van der Waals surface area contributed by atoms with Crippen molar-refractivity contribution in [3.8, 4) is 77.9 Å². The first-order chi connectivity index (χ1) is 23.8. The normalized spacial score (nSPS) is 10.9. The van der Waals surface area contributed by atoms with Crippen molar-refractivity contribution in [1.29, 1.82) is 0 Å². The quantitative estimate of drug-likeness (QED) is 0.168. The van der Waals surface area contributed by atoms with Gasteiger partial charge in [-0.3, -0.25) is 0 Å². The van der Waals surface area contributed by atoms with E-state index in [1.54, 1.807) is 0 Å². The lowest BCUT2D eigenvalue weighted by Gasteiger charge is -2.11. The monoisotopic (exact) mass is 610 g/mol. The summed E-state index contributed by atoms with van der Waals surface area (Å²) < 4.78 is 0. The molecule has 0 bridgehead atoms. The van der Waals surface area contributed by atoms with E-state index in [-0.39, 0.29) is 0 Å². The molecule has 0 radical (unpaired) electrons. The topological polar surface area (TPSA) is 0 Å². The first-order valence-electron chi connectivity index (χ1n) is 16.5. The molecule has 8 aromatic carbocycles. The summed E-state index contributed by atoms with van der Waals surface area (Å²) in [5.74, 6) is 0. The molecule has 0 saturated carbocycles. The van der Waals surface area contributed by atoms with E-state index in [0.717, 1.165) is 0 Å². The number of hydrogen-bond donors (Lipinski definition) is 0. The lowest BCUT2D eigenvalue weighted by Crippen LogP contribution is -1.85. The van der Waals surface area contributed by atoms with Gasteiger partial charge in [0.1, 0.15) is 0 Å². The molecule has 8 rings (SSSR count). The first kappa shape index (κ1) is 29.2. The SMILES string of the molecule is c1ccc(-c2ccc(-c3cccc(-c4cccc(-c5ccc(-c6cccc(-c7cccc(-c8ccccc8)c7)c6)cc5)c4)c3)cc2)cc1. The Labute approximate surface area is 283 Å². The Morgan fingerprint density at radius 1 is 0.125 bits per heavy atom. The van der Waals surface area contributed by atoms with E-state index in [0.29, 0.717) is 0 Å². The minimum absolute atomic E-state index is 1.21. The Balaban J connectivity index is 1.02. The van der Waals surface area contributed by atoms with Crippen LogP contribution < -0.4 is 0 Å². The fourth-order valence-electron chi connectivity index (χ4n) is 6.48. The van der Waals surface area contributed by atoms with Gasteiger partial charge >= 0.3 is 0 Å². The molecule has 0 heteroatoms. The van der Waals surface area contributed by atoms with Crippen LogP contribution >= 0.6 is 0 Å². The number of hydrogen-bond acceptors (Lipinski definition) is 0. The molecule has 0 spiro atoms. The van der Waals surface area contributed by atoms with Gasteiger partial charge in [0.15, 0.2) is 0 Å². The summed E-state index contributed by atoms with van der Waals surface area (Å²) in [4.78, 5) is 0. The molecule has 48 heavy (non-hydrogen) atoms. The smallest absolute Gasteiger partial charge is 0.0178 e. The zero-order valence-electron chi connectivity index (χ0n) is 26.6. The molecular weight excluding hydrogens is 577 g/mol. The van der Waals surface area contributed by atoms with E-state index < -0.39 is 0 Å². The van der Waals surface area contributed by atoms with Gasteiger partial charge in [0.05, 0.1) is 0 Å². The lowest BCUT2D eigenvalue weighted by molar-refractivity contribution is 1.55. The second-order valence-corrected chi connectivity index (χ2v) is 12.2. The van der Waals surface area contributed by atoms with Gasteiger partial charge in [-0.2, -0.15) is 0 Å². The summed E-state index contributed by atoms with van der Waals surface area (Å²) in [7, 11) is 0. The largest absolute Gasteiger partial charge is 0.0622 e. The van der Waals surface area contributed by atoms with Gasteiger partial charge in [0.25, 0.3) is 0 Å². The predicted molar refractivity (Wildman–Crippen MR) is 204 cm³/mol. The van der Waals surface area contributed by atoms with Crippen LogP contribution in [0.3, 0.4) is 0 Å². The fourth-order valence-corrected chi connectivity index (χ4v) is 6.48. The minimum atomic E-state index is 1.21. The first-order valence-corrected chi connectivity index (χ1v) is 16.5. The van der Waals surface area contributed by atoms with Crippen LogP contribution in [0, 0.1) is 0 Å². The van der Waals surface area contributed by atoms with E-state index in [9.17, 15) is 0 Å². The van der Waals surface area contributed by atoms with Crippen molar-refractivity contribution in [1.82, 2.24) is 0 Å². The average Bonchev–Trinajstić information content (AvgIpc) is 3.19. The molecule has 0 aliphatic rings. The Bertz CT molecular complexity index is 2300. The van der Waals surface area contributed by atoms with E-state index in [1.165, 1.54) is 77.9 Å². The third-order valence-electron chi connectivity index (χ3n) is 9.10. The molecular formula is C48H34. The van der Waals surface area contributed by atoms with Gasteiger partial charge in [0.2, 0.25) is 0 Å². The van der Waals surface area contributed by atoms with Crippen molar-refractivity contribution in [2.45, 2.75) is 0 Å². The highest BCUT2D eigenvalue weighted by atomic mass is 14.1. The predicted octanol–water partition coefficient (Wildman–Crippen LogP) is 13.4. The zero-order valence-corrected chi connectivity index (χ0v) is 26.6. The van der Waals surface area contributed by atoms with Crippen LogP contribution in [-0.4, -0.2) is 0 Å². The fraction of sp³-hybridized carbons (Fsp3) is 0. The van der Waals surface area contributed by atoms with E-state index in [2.05, 4.69) is 206 Å². The highest BCUT2D eigenvalue weighted by Gasteiger charge is 2.08. The maximum atomic E-state index is 2.30. The highest BCUT2D eigenvalue weighted by molar-refractivity contribution is 5.80. The highest BCUT2D eigenvalue weighted by Crippen LogP contribution is 2.33. The van der Waals surface area contributed by atoms with Gasteiger partial charge < -0.3 is 0 Å². The minimum Gasteiger partial charge on any atom is -0.0622 e. The Morgan fingerprint density at radius 2 is 0.292 bits per heavy atom. The van der Waals surface area contributed by atoms with Gasteiger partial charge in [-0.25, -0.2) is 0 Å². The van der Waals surface area contributed by atoms with Gasteiger partial charge in [0, 0.05) is 0 Å². The van der Waals surface area contributed by atoms with Gasteiger partial charge in [-0.05, 0) is 102 Å². The van der Waals surface area contributed by atoms with E-state index >= 15 is 0 Å². The third-order valence-corrected chi connectivity index (χ3v) is 9.10. The van der Waals surface area contributed by atoms with Crippen LogP contribution in [0.5, 0.6) is 0 Å². The van der Waals surface area contributed by atoms with Crippen LogP contribution in [-0.2, 0) is 0 Å². The molecule has 0 N–H and O–H groups in total. The molecule has 0 heterocycles. The van der Waals surface area contributed by atoms with E-state index in [1.807, 2.05) is 0 Å². The van der Waals surface area contributed by atoms with Crippen LogP contribution in [0.25, 0.3) is 77.9 Å². The standard InChI is InChI=1S/C48H34/c1-3-11-35(12-4-1)37-23-25-38(26-24-37)42-16-8-21-47(32-42)48-22-10-18-44(34-48)40-29-27-39(28-30-40)43-17-9-20-46(33-43)45-19-7-15-41(31-45)36-13-5-2-6-14-36/h1-34H. The Hall–Kier alpha value is -6.24. The van der Waals surface area contributed by atoms with Gasteiger partial charge in [-0.15, -0.1) is 0 Å². The summed E-state index contributed by atoms with van der Waals surface area (Å²) in [6, 6.07) is 74.3. The molecule has 0 aromatic heterocycles. The maximum Gasteiger partial charge on any atom is -0.0178 e. The summed E-state index contributed by atoms with van der Waals surface area (Å²) >= 11 is 0. The lowest BCUT2D eigenvalue weighted by atomic mass is 9.94. The molecule has 0 fully saturated rings. The molecule has 0 saturated heterocycles. The maximum absolute atomic E-state index is 2.30. The van der Waals surface area contributed by atoms with Crippen molar-refractivity contribution in [2.75, 3.05) is 0 Å². The van der Waals surface area contributed by atoms with Crippen molar-refractivity contribution in [3.63, 3.8) is 0 Å². The molecule has 226 valence electrons. The van der Waals surface area contributed by atoms with E-state index in [4.69, 9.17) is 0 Å². The van der Waals surface area contributed by atoms with Crippen LogP contribution in [0.2, 0.25) is 0 Å². The Kier molecular flexibility index (Phi) is 8.05. The zero-order chi connectivity index (χ0) is 32.1. The summed E-state index contributed by atoms with van der Waals surface area (Å²) in [6.45, 7) is 0. The molecule has 0 atom stereocenters. The van der Waals surface area contributed by atoms with Crippen LogP contribution in [0.4, 0.5) is 0 Å². The molecule has 0 nitrogen and oxygen atoms in total. The average molecular weight is 611 g/mol. The molecule has 0 aliphatic carbocycles. The molecule has 0 unspecified atom stereocenters. The number of rotatable bonds is 7. The molecule has 0 aliphatic heterocycles. The Morgan fingerprint density at radius 3 is 0.562 bits per heavy atom. The second kappa shape index (κ2) is 13.2. The van der Waals surface area contributed by atoms with Crippen LogP contribution in [0.15, 0.2) is 206 Å². The number of benzene rings is 8. The second-order valence-electron chi connectivity index (χ2n) is 12.2. The van der Waals surface area contributed by atoms with Crippen molar-refractivity contribution >= 4 is 0 Å².